The third-order valence-electron chi connectivity index (χ3n) is 4.51. The fourth-order valence-corrected chi connectivity index (χ4v) is 3.07. The van der Waals surface area contributed by atoms with Gasteiger partial charge in [-0.05, 0) is 48.9 Å². The van der Waals surface area contributed by atoms with Crippen LogP contribution in [0, 0.1) is 18.6 Å². The number of ether oxygens (including phenoxy) is 1. The molecular weight excluding hydrogens is 444 g/mol. The third-order valence-corrected chi connectivity index (χ3v) is 4.86. The summed E-state index contributed by atoms with van der Waals surface area (Å²) in [6, 6.07) is 9.53. The molecule has 0 saturated heterocycles. The molecule has 4 aromatic rings. The molecule has 164 valence electrons. The molecule has 0 spiro atoms. The van der Waals surface area contributed by atoms with Crippen LogP contribution in [0.3, 0.4) is 0 Å². The number of aryl methyl sites for hydroxylation is 1. The van der Waals surface area contributed by atoms with Crippen molar-refractivity contribution in [3.8, 4) is 5.75 Å². The van der Waals surface area contributed by atoms with E-state index < -0.39 is 11.7 Å². The maximum atomic E-state index is 13.2. The third kappa shape index (κ3) is 4.92. The number of nitrogens with one attached hydrogen (secondary N) is 1. The van der Waals surface area contributed by atoms with Crippen molar-refractivity contribution in [2.75, 3.05) is 5.32 Å². The fourth-order valence-electron chi connectivity index (χ4n) is 2.84. The Kier molecular flexibility index (Phi) is 6.13. The number of aromatic nitrogens is 4. The van der Waals surface area contributed by atoms with Crippen molar-refractivity contribution < 1.29 is 22.8 Å². The second kappa shape index (κ2) is 9.15. The summed E-state index contributed by atoms with van der Waals surface area (Å²) >= 11 is 6.03. The quantitative estimate of drug-likeness (QED) is 0.440. The summed E-state index contributed by atoms with van der Waals surface area (Å²) in [5.74, 6) is -0.532. The Morgan fingerprint density at radius 1 is 1.19 bits per heavy atom. The van der Waals surface area contributed by atoms with E-state index in [1.807, 2.05) is 0 Å². The summed E-state index contributed by atoms with van der Waals surface area (Å²) in [7, 11) is 0. The lowest BCUT2D eigenvalue weighted by Crippen LogP contribution is -2.16. The molecule has 11 heteroatoms. The Morgan fingerprint density at radius 3 is 2.69 bits per heavy atom. The highest BCUT2D eigenvalue weighted by Crippen LogP contribution is 2.20. The number of rotatable bonds is 7. The zero-order chi connectivity index (χ0) is 22.7. The number of hydrogen-bond acceptors (Lipinski definition) is 6. The van der Waals surface area contributed by atoms with Gasteiger partial charge in [0.05, 0.1) is 12.1 Å². The Balaban J connectivity index is 1.42. The number of carbonyl (C=O) groups excluding carboxylic acids is 1. The summed E-state index contributed by atoms with van der Waals surface area (Å²) in [6.07, 6.45) is 1.40. The van der Waals surface area contributed by atoms with Crippen LogP contribution in [0.15, 0.2) is 53.3 Å². The van der Waals surface area contributed by atoms with Gasteiger partial charge in [-0.1, -0.05) is 22.8 Å². The van der Waals surface area contributed by atoms with Crippen molar-refractivity contribution in [3.05, 3.63) is 88.0 Å². The predicted molar refractivity (Wildman–Crippen MR) is 110 cm³/mol. The average Bonchev–Trinajstić information content (AvgIpc) is 3.36. The van der Waals surface area contributed by atoms with Gasteiger partial charge in [0.25, 0.3) is 5.91 Å². The summed E-state index contributed by atoms with van der Waals surface area (Å²) in [5, 5.41) is 10.8. The molecule has 1 amide bonds. The smallest absolute Gasteiger partial charge is 0.280 e. The molecule has 32 heavy (non-hydrogen) atoms. The number of amides is 1. The molecule has 4 rings (SSSR count). The van der Waals surface area contributed by atoms with E-state index in [4.69, 9.17) is 20.9 Å². The number of hydrogen-bond donors (Lipinski definition) is 1. The molecule has 0 saturated carbocycles. The summed E-state index contributed by atoms with van der Waals surface area (Å²) in [5.41, 5.74) is 1.09. The van der Waals surface area contributed by atoms with E-state index in [1.54, 1.807) is 13.0 Å². The van der Waals surface area contributed by atoms with Gasteiger partial charge in [0, 0.05) is 5.02 Å². The standard InChI is InChI=1S/C21H16ClF2N5O3/c1-12-17(10-31-16-6-4-14(23)5-7-16)19(28-32-12)20(30)26-21-25-11-29(27-21)9-13-2-3-15(24)8-18(13)22/h2-8,11H,9-10H2,1H3,(H,26,27,30). The van der Waals surface area contributed by atoms with E-state index in [0.29, 0.717) is 22.6 Å². The monoisotopic (exact) mass is 459 g/mol. The van der Waals surface area contributed by atoms with Gasteiger partial charge in [0.15, 0.2) is 5.69 Å². The Hall–Kier alpha value is -3.79. The van der Waals surface area contributed by atoms with Crippen molar-refractivity contribution in [1.82, 2.24) is 19.9 Å². The molecule has 2 aromatic heterocycles. The van der Waals surface area contributed by atoms with Crippen LogP contribution < -0.4 is 10.1 Å². The lowest BCUT2D eigenvalue weighted by molar-refractivity contribution is 0.101. The van der Waals surface area contributed by atoms with Crippen LogP contribution in [0.2, 0.25) is 5.02 Å². The number of anilines is 1. The number of nitrogens with zero attached hydrogens (tertiary/aromatic N) is 4. The highest BCUT2D eigenvalue weighted by Gasteiger charge is 2.21. The van der Waals surface area contributed by atoms with E-state index in [-0.39, 0.29) is 35.6 Å². The van der Waals surface area contributed by atoms with Gasteiger partial charge < -0.3 is 9.26 Å². The summed E-state index contributed by atoms with van der Waals surface area (Å²) in [6.45, 7) is 1.88. The second-order valence-corrected chi connectivity index (χ2v) is 7.17. The largest absolute Gasteiger partial charge is 0.489 e. The van der Waals surface area contributed by atoms with Crippen LogP contribution >= 0.6 is 11.6 Å². The van der Waals surface area contributed by atoms with Gasteiger partial charge in [-0.25, -0.2) is 18.4 Å². The highest BCUT2D eigenvalue weighted by molar-refractivity contribution is 6.31. The maximum absolute atomic E-state index is 13.2. The zero-order valence-electron chi connectivity index (χ0n) is 16.7. The van der Waals surface area contributed by atoms with Gasteiger partial charge in [0.2, 0.25) is 5.95 Å². The van der Waals surface area contributed by atoms with Crippen molar-refractivity contribution >= 4 is 23.5 Å². The first-order valence-electron chi connectivity index (χ1n) is 9.37. The SMILES string of the molecule is Cc1onc(C(=O)Nc2ncn(Cc3ccc(F)cc3Cl)n2)c1COc1ccc(F)cc1. The molecule has 0 atom stereocenters. The van der Waals surface area contributed by atoms with E-state index in [0.717, 1.165) is 0 Å². The van der Waals surface area contributed by atoms with E-state index >= 15 is 0 Å². The summed E-state index contributed by atoms with van der Waals surface area (Å²) in [4.78, 5) is 16.7. The number of carbonyl (C=O) groups is 1. The van der Waals surface area contributed by atoms with E-state index in [2.05, 4.69) is 20.6 Å². The number of benzene rings is 2. The Morgan fingerprint density at radius 2 is 1.94 bits per heavy atom. The molecule has 0 aliphatic rings. The van der Waals surface area contributed by atoms with Crippen LogP contribution in [0.4, 0.5) is 14.7 Å². The Bertz CT molecular complexity index is 1260. The van der Waals surface area contributed by atoms with Crippen LogP contribution in [0.25, 0.3) is 0 Å². The predicted octanol–water partition coefficient (Wildman–Crippen LogP) is 4.39. The molecule has 2 heterocycles. The normalized spacial score (nSPS) is 10.9. The topological polar surface area (TPSA) is 95.1 Å². The fraction of sp³-hybridized carbons (Fsp3) is 0.143. The molecular formula is C21H16ClF2N5O3. The Labute approximate surface area is 185 Å². The van der Waals surface area contributed by atoms with Gasteiger partial charge in [0.1, 0.15) is 36.1 Å². The lowest BCUT2D eigenvalue weighted by Gasteiger charge is -2.06. The molecule has 8 nitrogen and oxygen atoms in total. The molecule has 0 bridgehead atoms. The molecule has 0 aliphatic heterocycles. The maximum Gasteiger partial charge on any atom is 0.280 e. The minimum absolute atomic E-state index is 0.00530. The molecule has 0 unspecified atom stereocenters. The average molecular weight is 460 g/mol. The van der Waals surface area contributed by atoms with Gasteiger partial charge in [-0.3, -0.25) is 10.1 Å². The van der Waals surface area contributed by atoms with Gasteiger partial charge >= 0.3 is 0 Å². The first-order chi connectivity index (χ1) is 15.4. The molecule has 1 N–H and O–H groups in total. The van der Waals surface area contributed by atoms with Crippen LogP contribution in [0.5, 0.6) is 5.75 Å². The molecule has 0 fully saturated rings. The van der Waals surface area contributed by atoms with E-state index in [1.165, 1.54) is 47.4 Å². The second-order valence-electron chi connectivity index (χ2n) is 6.76. The van der Waals surface area contributed by atoms with Gasteiger partial charge in [-0.15, -0.1) is 5.10 Å². The van der Waals surface area contributed by atoms with Crippen molar-refractivity contribution in [3.63, 3.8) is 0 Å². The number of halogens is 3. The van der Waals surface area contributed by atoms with Crippen molar-refractivity contribution in [2.45, 2.75) is 20.1 Å². The molecule has 2 aromatic carbocycles. The van der Waals surface area contributed by atoms with E-state index in [9.17, 15) is 13.6 Å². The molecule has 0 radical (unpaired) electrons. The minimum atomic E-state index is -0.586. The highest BCUT2D eigenvalue weighted by atomic mass is 35.5. The van der Waals surface area contributed by atoms with Gasteiger partial charge in [-0.2, -0.15) is 0 Å². The zero-order valence-corrected chi connectivity index (χ0v) is 17.4. The van der Waals surface area contributed by atoms with Crippen LogP contribution in [0.1, 0.15) is 27.4 Å². The minimum Gasteiger partial charge on any atom is -0.489 e. The van der Waals surface area contributed by atoms with Crippen molar-refractivity contribution in [1.29, 1.82) is 0 Å². The first-order valence-corrected chi connectivity index (χ1v) is 9.75. The van der Waals surface area contributed by atoms with Crippen LogP contribution in [-0.4, -0.2) is 25.8 Å². The lowest BCUT2D eigenvalue weighted by atomic mass is 10.2. The van der Waals surface area contributed by atoms with Crippen molar-refractivity contribution in [2.24, 2.45) is 0 Å². The molecule has 0 aliphatic carbocycles. The first kappa shape index (κ1) is 21.4. The van der Waals surface area contributed by atoms with Crippen LogP contribution in [-0.2, 0) is 13.2 Å². The summed E-state index contributed by atoms with van der Waals surface area (Å²) < 4.78 is 38.4.